The Morgan fingerprint density at radius 1 is 1.20 bits per heavy atom. The molecule has 1 unspecified atom stereocenters. The van der Waals surface area contributed by atoms with Gasteiger partial charge in [-0.2, -0.15) is 10.5 Å². The summed E-state index contributed by atoms with van der Waals surface area (Å²) in [6.45, 7) is 10.4. The summed E-state index contributed by atoms with van der Waals surface area (Å²) < 4.78 is 0. The fraction of sp³-hybridized carbons (Fsp3) is 0.692. The van der Waals surface area contributed by atoms with Gasteiger partial charge in [0.25, 0.3) is 0 Å². The molecule has 1 atom stereocenters. The molecule has 0 aliphatic carbocycles. The minimum atomic E-state index is -0.529. The van der Waals surface area contributed by atoms with Crippen LogP contribution in [0.3, 0.4) is 0 Å². The molecule has 0 rings (SSSR count). The van der Waals surface area contributed by atoms with Gasteiger partial charge in [-0.15, -0.1) is 0 Å². The summed E-state index contributed by atoms with van der Waals surface area (Å²) in [6.07, 6.45) is 2.91. The Kier molecular flexibility index (Phi) is 5.09. The molecule has 0 aromatic carbocycles. The van der Waals surface area contributed by atoms with Crippen LogP contribution in [-0.4, -0.2) is 0 Å². The molecule has 0 saturated heterocycles. The van der Waals surface area contributed by atoms with E-state index in [-0.39, 0.29) is 11.3 Å². The molecule has 0 fully saturated rings. The summed E-state index contributed by atoms with van der Waals surface area (Å²) in [4.78, 5) is 0. The van der Waals surface area contributed by atoms with Crippen LogP contribution in [0.2, 0.25) is 0 Å². The maximum absolute atomic E-state index is 8.90. The standard InChI is InChI=1S/C13H20N2/c1-10(2)6-11(7-13(3,4)5)12(8-14)9-15/h6,11-12H,7H2,1-5H3. The van der Waals surface area contributed by atoms with Crippen molar-refractivity contribution in [3.8, 4) is 12.1 Å². The molecule has 0 heterocycles. The molecule has 0 saturated carbocycles. The topological polar surface area (TPSA) is 47.6 Å². The molecule has 2 heteroatoms. The molecule has 0 aromatic rings. The van der Waals surface area contributed by atoms with Gasteiger partial charge in [0.05, 0.1) is 12.1 Å². The Balaban J connectivity index is 4.85. The van der Waals surface area contributed by atoms with Gasteiger partial charge in [0, 0.05) is 5.92 Å². The molecule has 0 spiro atoms. The zero-order valence-electron chi connectivity index (χ0n) is 10.3. The van der Waals surface area contributed by atoms with Crippen molar-refractivity contribution in [2.75, 3.05) is 0 Å². The quantitative estimate of drug-likeness (QED) is 0.658. The maximum Gasteiger partial charge on any atom is 0.139 e. The Hall–Kier alpha value is -1.28. The van der Waals surface area contributed by atoms with E-state index in [1.807, 2.05) is 19.9 Å². The van der Waals surface area contributed by atoms with Crippen LogP contribution in [0.4, 0.5) is 0 Å². The molecule has 0 N–H and O–H groups in total. The van der Waals surface area contributed by atoms with Gasteiger partial charge >= 0.3 is 0 Å². The average molecular weight is 204 g/mol. The van der Waals surface area contributed by atoms with E-state index in [2.05, 4.69) is 32.9 Å². The van der Waals surface area contributed by atoms with Crippen molar-refractivity contribution in [3.63, 3.8) is 0 Å². The van der Waals surface area contributed by atoms with Crippen molar-refractivity contribution in [1.29, 1.82) is 10.5 Å². The molecular weight excluding hydrogens is 184 g/mol. The van der Waals surface area contributed by atoms with Gasteiger partial charge < -0.3 is 0 Å². The highest BCUT2D eigenvalue weighted by Gasteiger charge is 2.24. The monoisotopic (exact) mass is 204 g/mol. The molecule has 82 valence electrons. The predicted octanol–water partition coefficient (Wildman–Crippen LogP) is 3.67. The van der Waals surface area contributed by atoms with Crippen molar-refractivity contribution in [2.24, 2.45) is 17.3 Å². The largest absolute Gasteiger partial charge is 0.197 e. The molecule has 0 aliphatic rings. The smallest absolute Gasteiger partial charge is 0.139 e. The second kappa shape index (κ2) is 5.56. The first-order valence-electron chi connectivity index (χ1n) is 5.24. The molecule has 0 aromatic heterocycles. The highest BCUT2D eigenvalue weighted by atomic mass is 14.4. The van der Waals surface area contributed by atoms with Crippen LogP contribution >= 0.6 is 0 Å². The Bertz CT molecular complexity index is 289. The number of nitrogens with zero attached hydrogens (tertiary/aromatic N) is 2. The summed E-state index contributed by atoms with van der Waals surface area (Å²) in [5.41, 5.74) is 1.31. The second-order valence-corrected chi connectivity index (χ2v) is 5.41. The molecular formula is C13H20N2. The predicted molar refractivity (Wildman–Crippen MR) is 61.7 cm³/mol. The van der Waals surface area contributed by atoms with Gasteiger partial charge in [-0.25, -0.2) is 0 Å². The first kappa shape index (κ1) is 13.7. The third-order valence-corrected chi connectivity index (χ3v) is 2.10. The van der Waals surface area contributed by atoms with Gasteiger partial charge in [-0.3, -0.25) is 0 Å². The molecule has 0 aliphatic heterocycles. The number of allylic oxidation sites excluding steroid dienone is 2. The number of nitriles is 2. The first-order valence-corrected chi connectivity index (χ1v) is 5.24. The van der Waals surface area contributed by atoms with Crippen molar-refractivity contribution >= 4 is 0 Å². The van der Waals surface area contributed by atoms with E-state index < -0.39 is 5.92 Å². The van der Waals surface area contributed by atoms with Gasteiger partial charge in [0.15, 0.2) is 0 Å². The number of rotatable bonds is 3. The van der Waals surface area contributed by atoms with Crippen LogP contribution in [0.25, 0.3) is 0 Å². The van der Waals surface area contributed by atoms with Gasteiger partial charge in [0.2, 0.25) is 0 Å². The lowest BCUT2D eigenvalue weighted by Gasteiger charge is -2.24. The number of hydrogen-bond donors (Lipinski definition) is 0. The van der Waals surface area contributed by atoms with Gasteiger partial charge in [-0.1, -0.05) is 32.4 Å². The van der Waals surface area contributed by atoms with Crippen LogP contribution in [-0.2, 0) is 0 Å². The number of hydrogen-bond acceptors (Lipinski definition) is 2. The van der Waals surface area contributed by atoms with Crippen LogP contribution in [0.5, 0.6) is 0 Å². The fourth-order valence-corrected chi connectivity index (χ4v) is 1.63. The highest BCUT2D eigenvalue weighted by Crippen LogP contribution is 2.30. The zero-order valence-corrected chi connectivity index (χ0v) is 10.3. The fourth-order valence-electron chi connectivity index (χ4n) is 1.63. The van der Waals surface area contributed by atoms with E-state index in [1.54, 1.807) is 0 Å². The van der Waals surface area contributed by atoms with E-state index in [4.69, 9.17) is 10.5 Å². The first-order chi connectivity index (χ1) is 6.80. The third-order valence-electron chi connectivity index (χ3n) is 2.10. The summed E-state index contributed by atoms with van der Waals surface area (Å²) in [6, 6.07) is 4.15. The van der Waals surface area contributed by atoms with E-state index in [1.165, 1.54) is 5.57 Å². The van der Waals surface area contributed by atoms with E-state index in [0.29, 0.717) is 0 Å². The Morgan fingerprint density at radius 3 is 1.93 bits per heavy atom. The summed E-state index contributed by atoms with van der Waals surface area (Å²) in [5, 5.41) is 17.8. The second-order valence-electron chi connectivity index (χ2n) is 5.41. The molecule has 0 bridgehead atoms. The average Bonchev–Trinajstić information content (AvgIpc) is 2.01. The summed E-state index contributed by atoms with van der Waals surface area (Å²) in [7, 11) is 0. The minimum absolute atomic E-state index is 0.0463. The third kappa shape index (κ3) is 5.92. The van der Waals surface area contributed by atoms with E-state index in [9.17, 15) is 0 Å². The Labute approximate surface area is 93.2 Å². The van der Waals surface area contributed by atoms with Gasteiger partial charge in [0.1, 0.15) is 5.92 Å². The SMILES string of the molecule is CC(C)=CC(CC(C)(C)C)C(C#N)C#N. The normalized spacial score (nSPS) is 12.8. The molecule has 15 heavy (non-hydrogen) atoms. The lowest BCUT2D eigenvalue weighted by molar-refractivity contribution is 0.309. The van der Waals surface area contributed by atoms with E-state index in [0.717, 1.165) is 6.42 Å². The lowest BCUT2D eigenvalue weighted by atomic mass is 9.79. The van der Waals surface area contributed by atoms with Crippen molar-refractivity contribution in [1.82, 2.24) is 0 Å². The summed E-state index contributed by atoms with van der Waals surface area (Å²) in [5.74, 6) is -0.482. The molecule has 0 radical (unpaired) electrons. The van der Waals surface area contributed by atoms with Crippen LogP contribution in [0.1, 0.15) is 41.0 Å². The lowest BCUT2D eigenvalue weighted by Crippen LogP contribution is -2.18. The molecule has 2 nitrogen and oxygen atoms in total. The summed E-state index contributed by atoms with van der Waals surface area (Å²) >= 11 is 0. The van der Waals surface area contributed by atoms with E-state index >= 15 is 0 Å². The van der Waals surface area contributed by atoms with Crippen LogP contribution in [0.15, 0.2) is 11.6 Å². The Morgan fingerprint density at radius 2 is 1.67 bits per heavy atom. The van der Waals surface area contributed by atoms with Crippen molar-refractivity contribution in [3.05, 3.63) is 11.6 Å². The maximum atomic E-state index is 8.90. The minimum Gasteiger partial charge on any atom is -0.197 e. The van der Waals surface area contributed by atoms with Gasteiger partial charge in [-0.05, 0) is 25.7 Å². The zero-order chi connectivity index (χ0) is 12.1. The van der Waals surface area contributed by atoms with Crippen LogP contribution < -0.4 is 0 Å². The van der Waals surface area contributed by atoms with Crippen molar-refractivity contribution < 1.29 is 0 Å². The van der Waals surface area contributed by atoms with Crippen molar-refractivity contribution in [2.45, 2.75) is 41.0 Å². The highest BCUT2D eigenvalue weighted by molar-refractivity contribution is 5.11. The van der Waals surface area contributed by atoms with Crippen LogP contribution in [0, 0.1) is 39.9 Å². The molecule has 0 amide bonds.